The molecule has 1 aromatic rings. The smallest absolute Gasteiger partial charge is 0.211 e. The van der Waals surface area contributed by atoms with Gasteiger partial charge in [0.2, 0.25) is 6.08 Å². The summed E-state index contributed by atoms with van der Waals surface area (Å²) in [5.74, 6) is -3.64. The summed E-state index contributed by atoms with van der Waals surface area (Å²) in [4.78, 5) is 14.0. The van der Waals surface area contributed by atoms with Gasteiger partial charge in [-0.3, -0.25) is 0 Å². The molecule has 0 atom stereocenters. The minimum absolute atomic E-state index is 0.274. The van der Waals surface area contributed by atoms with Gasteiger partial charge in [-0.05, 0) is 18.9 Å². The van der Waals surface area contributed by atoms with Gasteiger partial charge in [-0.1, -0.05) is 24.4 Å². The maximum absolute atomic E-state index is 13.9. The van der Waals surface area contributed by atoms with Gasteiger partial charge in [0, 0.05) is 0 Å². The summed E-state index contributed by atoms with van der Waals surface area (Å²) in [6.07, 6.45) is 3.17. The molecule has 2 rings (SSSR count). The molecule has 1 saturated carbocycles. The molecule has 0 spiro atoms. The van der Waals surface area contributed by atoms with E-state index in [1.807, 2.05) is 0 Å². The van der Waals surface area contributed by atoms with E-state index >= 15 is 0 Å². The average Bonchev–Trinajstić information content (AvgIpc) is 2.77. The summed E-state index contributed by atoms with van der Waals surface area (Å²) in [7, 11) is 0. The van der Waals surface area contributed by atoms with Crippen molar-refractivity contribution in [3.05, 3.63) is 34.1 Å². The Morgan fingerprint density at radius 3 is 2.39 bits per heavy atom. The van der Waals surface area contributed by atoms with E-state index in [0.717, 1.165) is 0 Å². The summed E-state index contributed by atoms with van der Waals surface area (Å²) in [5, 5.41) is -0.517. The summed E-state index contributed by atoms with van der Waals surface area (Å²) >= 11 is 5.51. The third kappa shape index (κ3) is 1.93. The van der Waals surface area contributed by atoms with E-state index in [0.29, 0.717) is 18.9 Å². The Balaban J connectivity index is 2.72. The predicted molar refractivity (Wildman–Crippen MR) is 59.6 cm³/mol. The molecule has 0 saturated heterocycles. The molecule has 1 aliphatic carbocycles. The molecule has 1 aliphatic rings. The van der Waals surface area contributed by atoms with Crippen molar-refractivity contribution in [1.82, 2.24) is 0 Å². The maximum Gasteiger partial charge on any atom is 0.235 e. The Morgan fingerprint density at radius 2 is 1.83 bits per heavy atom. The van der Waals surface area contributed by atoms with Crippen LogP contribution in [0.3, 0.4) is 0 Å². The van der Waals surface area contributed by atoms with Crippen molar-refractivity contribution < 1.29 is 18.0 Å². The number of hydrogen-bond acceptors (Lipinski definition) is 2. The van der Waals surface area contributed by atoms with Gasteiger partial charge in [0.15, 0.2) is 17.5 Å². The molecule has 0 bridgehead atoms. The Kier molecular flexibility index (Phi) is 3.46. The fraction of sp³-hybridized carbons (Fsp3) is 0.417. The minimum atomic E-state index is -1.37. The molecule has 0 radical (unpaired) electrons. The topological polar surface area (TPSA) is 29.4 Å². The Morgan fingerprint density at radius 1 is 1.22 bits per heavy atom. The second-order valence-corrected chi connectivity index (χ2v) is 4.69. The average molecular weight is 276 g/mol. The zero-order valence-corrected chi connectivity index (χ0v) is 10.0. The zero-order valence-electron chi connectivity index (χ0n) is 9.27. The predicted octanol–water partition coefficient (Wildman–Crippen LogP) is 3.86. The molecular weight excluding hydrogens is 267 g/mol. The molecule has 6 heteroatoms. The van der Waals surface area contributed by atoms with E-state index < -0.39 is 33.6 Å². The van der Waals surface area contributed by atoms with Crippen molar-refractivity contribution in [2.45, 2.75) is 31.2 Å². The first kappa shape index (κ1) is 13.1. The van der Waals surface area contributed by atoms with Crippen LogP contribution in [0, 0.1) is 17.5 Å². The van der Waals surface area contributed by atoms with Crippen LogP contribution in [0.5, 0.6) is 0 Å². The van der Waals surface area contributed by atoms with Crippen LogP contribution in [-0.4, -0.2) is 6.08 Å². The lowest BCUT2D eigenvalue weighted by Gasteiger charge is -2.24. The summed E-state index contributed by atoms with van der Waals surface area (Å²) in [6.45, 7) is 0. The van der Waals surface area contributed by atoms with Crippen molar-refractivity contribution in [2.75, 3.05) is 0 Å². The summed E-state index contributed by atoms with van der Waals surface area (Å²) in [6, 6.07) is 0.572. The fourth-order valence-electron chi connectivity index (χ4n) is 2.45. The van der Waals surface area contributed by atoms with E-state index in [-0.39, 0.29) is 12.8 Å². The van der Waals surface area contributed by atoms with E-state index in [1.165, 1.54) is 6.08 Å². The van der Waals surface area contributed by atoms with Crippen molar-refractivity contribution in [2.24, 2.45) is 4.99 Å². The Bertz CT molecular complexity index is 508. The van der Waals surface area contributed by atoms with E-state index in [9.17, 15) is 18.0 Å². The first-order chi connectivity index (χ1) is 8.52. The number of hydrogen-bond donors (Lipinski definition) is 0. The van der Waals surface area contributed by atoms with Crippen LogP contribution >= 0.6 is 11.6 Å². The quantitative estimate of drug-likeness (QED) is 0.458. The van der Waals surface area contributed by atoms with Gasteiger partial charge in [0.05, 0.1) is 10.6 Å². The molecule has 0 amide bonds. The second kappa shape index (κ2) is 4.75. The SMILES string of the molecule is O=C=NC1(c2c(F)c(F)cc(Cl)c2F)CCCC1. The van der Waals surface area contributed by atoms with Crippen LogP contribution in [0.15, 0.2) is 11.1 Å². The number of rotatable bonds is 2. The fourth-order valence-corrected chi connectivity index (χ4v) is 2.64. The monoisotopic (exact) mass is 275 g/mol. The molecule has 18 heavy (non-hydrogen) atoms. The zero-order chi connectivity index (χ0) is 13.3. The van der Waals surface area contributed by atoms with Crippen LogP contribution in [-0.2, 0) is 10.3 Å². The van der Waals surface area contributed by atoms with E-state index in [1.54, 1.807) is 0 Å². The van der Waals surface area contributed by atoms with Crippen LogP contribution in [0.1, 0.15) is 31.2 Å². The second-order valence-electron chi connectivity index (χ2n) is 4.28. The van der Waals surface area contributed by atoms with Crippen LogP contribution in [0.25, 0.3) is 0 Å². The molecular formula is C12H9ClF3NO. The molecule has 1 aromatic carbocycles. The minimum Gasteiger partial charge on any atom is -0.211 e. The lowest BCUT2D eigenvalue weighted by atomic mass is 9.88. The van der Waals surface area contributed by atoms with Crippen molar-refractivity contribution in [3.63, 3.8) is 0 Å². The molecule has 0 aliphatic heterocycles. The standard InChI is InChI=1S/C12H9ClF3NO/c13-7-5-8(14)11(16)9(10(7)15)12(17-6-18)3-1-2-4-12/h5H,1-4H2. The Labute approximate surface area is 106 Å². The van der Waals surface area contributed by atoms with Gasteiger partial charge in [-0.2, -0.15) is 4.99 Å². The van der Waals surface area contributed by atoms with Crippen LogP contribution in [0.2, 0.25) is 5.02 Å². The van der Waals surface area contributed by atoms with Crippen molar-refractivity contribution >= 4 is 17.7 Å². The highest BCUT2D eigenvalue weighted by Gasteiger charge is 2.41. The van der Waals surface area contributed by atoms with Crippen molar-refractivity contribution in [3.8, 4) is 0 Å². The highest BCUT2D eigenvalue weighted by molar-refractivity contribution is 6.30. The third-order valence-corrected chi connectivity index (χ3v) is 3.54. The van der Waals surface area contributed by atoms with Gasteiger partial charge in [0.25, 0.3) is 0 Å². The lowest BCUT2D eigenvalue weighted by Crippen LogP contribution is -2.23. The molecule has 2 nitrogen and oxygen atoms in total. The van der Waals surface area contributed by atoms with Gasteiger partial charge < -0.3 is 0 Å². The van der Waals surface area contributed by atoms with Crippen LogP contribution < -0.4 is 0 Å². The van der Waals surface area contributed by atoms with Crippen LogP contribution in [0.4, 0.5) is 13.2 Å². The largest absolute Gasteiger partial charge is 0.235 e. The van der Waals surface area contributed by atoms with Gasteiger partial charge in [0.1, 0.15) is 5.54 Å². The first-order valence-corrected chi connectivity index (χ1v) is 5.82. The van der Waals surface area contributed by atoms with E-state index in [2.05, 4.69) is 4.99 Å². The van der Waals surface area contributed by atoms with E-state index in [4.69, 9.17) is 11.6 Å². The maximum atomic E-state index is 13.9. The molecule has 1 fully saturated rings. The molecule has 0 unspecified atom stereocenters. The highest BCUT2D eigenvalue weighted by Crippen LogP contribution is 2.45. The first-order valence-electron chi connectivity index (χ1n) is 5.44. The summed E-state index contributed by atoms with van der Waals surface area (Å²) < 4.78 is 41.1. The van der Waals surface area contributed by atoms with Gasteiger partial charge >= 0.3 is 0 Å². The number of benzene rings is 1. The normalized spacial score (nSPS) is 17.6. The Hall–Kier alpha value is -1.32. The molecule has 0 aromatic heterocycles. The molecule has 96 valence electrons. The third-order valence-electron chi connectivity index (χ3n) is 3.27. The molecule has 0 heterocycles. The number of nitrogens with zero attached hydrogens (tertiary/aromatic N) is 1. The lowest BCUT2D eigenvalue weighted by molar-refractivity contribution is 0.387. The van der Waals surface area contributed by atoms with Gasteiger partial charge in [-0.15, -0.1) is 0 Å². The van der Waals surface area contributed by atoms with Gasteiger partial charge in [-0.25, -0.2) is 18.0 Å². The van der Waals surface area contributed by atoms with Crippen molar-refractivity contribution in [1.29, 1.82) is 0 Å². The highest BCUT2D eigenvalue weighted by atomic mass is 35.5. The number of carbonyl (C=O) groups excluding carboxylic acids is 1. The summed E-state index contributed by atoms with van der Waals surface area (Å²) in [5.41, 5.74) is -1.94. The number of aliphatic imine (C=N–C) groups is 1. The number of isocyanates is 1. The molecule has 0 N–H and O–H groups in total. The number of halogens is 4.